The standard InChI is InChI=1S/C9H20O4.C7H16O4.C6H14O3/c1-10-5-9(6-11-2,7-12-3)8-13-4;1-8-6(9-2)5-7(10-3)11-4;1-7-4-6(9-3)5-8-2/h5-8H2,1-4H3;6-7H,5H2,1-4H3;6H,4-5H2,1-3H3. The Hall–Kier alpha value is -0.440. The maximum Gasteiger partial charge on any atom is 0.161 e. The van der Waals surface area contributed by atoms with E-state index in [1.54, 1.807) is 78.2 Å². The largest absolute Gasteiger partial charge is 0.384 e. The van der Waals surface area contributed by atoms with Gasteiger partial charge in [-0.1, -0.05) is 0 Å². The number of rotatable bonds is 19. The lowest BCUT2D eigenvalue weighted by Crippen LogP contribution is -2.40. The van der Waals surface area contributed by atoms with Crippen LogP contribution < -0.4 is 0 Å². The van der Waals surface area contributed by atoms with E-state index in [4.69, 9.17) is 52.1 Å². The maximum atomic E-state index is 5.12. The summed E-state index contributed by atoms with van der Waals surface area (Å²) in [6.07, 6.45) is 0.111. The van der Waals surface area contributed by atoms with Gasteiger partial charge in [0, 0.05) is 84.6 Å². The molecule has 11 heteroatoms. The van der Waals surface area contributed by atoms with Crippen molar-refractivity contribution in [3.8, 4) is 0 Å². The van der Waals surface area contributed by atoms with Crippen LogP contribution in [0.3, 0.4) is 0 Å². The predicted molar refractivity (Wildman–Crippen MR) is 125 cm³/mol. The number of methoxy groups -OCH3 is 11. The van der Waals surface area contributed by atoms with Crippen LogP contribution in [0.1, 0.15) is 6.42 Å². The number of hydrogen-bond donors (Lipinski definition) is 0. The lowest BCUT2D eigenvalue weighted by Gasteiger charge is -2.30. The van der Waals surface area contributed by atoms with Gasteiger partial charge in [-0.05, 0) is 0 Å². The highest BCUT2D eigenvalue weighted by Gasteiger charge is 2.30. The van der Waals surface area contributed by atoms with Crippen LogP contribution in [-0.2, 0) is 52.1 Å². The highest BCUT2D eigenvalue weighted by Crippen LogP contribution is 2.19. The first-order valence-electron chi connectivity index (χ1n) is 10.4. The third kappa shape index (κ3) is 21.8. The molecule has 0 aromatic rings. The molecule has 0 saturated carbocycles. The lowest BCUT2D eigenvalue weighted by molar-refractivity contribution is -0.178. The van der Waals surface area contributed by atoms with E-state index in [9.17, 15) is 0 Å². The van der Waals surface area contributed by atoms with E-state index in [1.165, 1.54) is 0 Å². The Morgan fingerprint density at radius 1 is 0.424 bits per heavy atom. The highest BCUT2D eigenvalue weighted by molar-refractivity contribution is 4.78. The van der Waals surface area contributed by atoms with Gasteiger partial charge in [-0.15, -0.1) is 0 Å². The minimum Gasteiger partial charge on any atom is -0.384 e. The van der Waals surface area contributed by atoms with Crippen molar-refractivity contribution in [2.24, 2.45) is 5.41 Å². The number of hydrogen-bond acceptors (Lipinski definition) is 11. The van der Waals surface area contributed by atoms with Gasteiger partial charge in [-0.25, -0.2) is 0 Å². The Balaban J connectivity index is -0.000000416. The molecule has 0 atom stereocenters. The zero-order chi connectivity index (χ0) is 26.0. The molecule has 0 aromatic carbocycles. The summed E-state index contributed by atoms with van der Waals surface area (Å²) in [5, 5.41) is 0. The second-order valence-corrected chi connectivity index (χ2v) is 7.04. The first-order valence-corrected chi connectivity index (χ1v) is 10.4. The molecule has 0 aromatic heterocycles. The molecule has 0 unspecified atom stereocenters. The van der Waals surface area contributed by atoms with Crippen LogP contribution in [-0.4, -0.2) is 137 Å². The Morgan fingerprint density at radius 3 is 0.909 bits per heavy atom. The predicted octanol–water partition coefficient (Wildman–Crippen LogP) is 1.47. The van der Waals surface area contributed by atoms with Gasteiger partial charge in [0.25, 0.3) is 0 Å². The van der Waals surface area contributed by atoms with Crippen LogP contribution in [0.5, 0.6) is 0 Å². The smallest absolute Gasteiger partial charge is 0.161 e. The summed E-state index contributed by atoms with van der Waals surface area (Å²) in [4.78, 5) is 0. The molecule has 0 radical (unpaired) electrons. The second kappa shape index (κ2) is 27.8. The van der Waals surface area contributed by atoms with Crippen molar-refractivity contribution in [1.29, 1.82) is 0 Å². The molecular formula is C22H50O11. The molecule has 0 heterocycles. The minimum atomic E-state index is -0.264. The molecule has 0 aliphatic carbocycles. The van der Waals surface area contributed by atoms with Crippen LogP contribution in [0.25, 0.3) is 0 Å². The molecule has 0 fully saturated rings. The Bertz CT molecular complexity index is 308. The molecule has 204 valence electrons. The summed E-state index contributed by atoms with van der Waals surface area (Å²) >= 11 is 0. The van der Waals surface area contributed by atoms with E-state index in [2.05, 4.69) is 0 Å². The van der Waals surface area contributed by atoms with Gasteiger partial charge < -0.3 is 52.1 Å². The Kier molecular flexibility index (Phi) is 31.3. The van der Waals surface area contributed by atoms with Crippen LogP contribution in [0, 0.1) is 5.41 Å². The maximum absolute atomic E-state index is 5.12. The van der Waals surface area contributed by atoms with E-state index in [-0.39, 0.29) is 24.1 Å². The Morgan fingerprint density at radius 2 is 0.727 bits per heavy atom. The topological polar surface area (TPSA) is 102 Å². The second-order valence-electron chi connectivity index (χ2n) is 7.04. The van der Waals surface area contributed by atoms with Crippen molar-refractivity contribution in [3.05, 3.63) is 0 Å². The first-order chi connectivity index (χ1) is 15.9. The fourth-order valence-electron chi connectivity index (χ4n) is 2.77. The minimum absolute atomic E-state index is 0.0694. The molecule has 33 heavy (non-hydrogen) atoms. The van der Waals surface area contributed by atoms with Gasteiger partial charge in [-0.2, -0.15) is 0 Å². The van der Waals surface area contributed by atoms with E-state index in [1.807, 2.05) is 0 Å². The molecule has 11 nitrogen and oxygen atoms in total. The SMILES string of the molecule is COC(CC(OC)OC)OC.COCC(COC)(COC)COC.COCC(COC)OC. The molecule has 0 N–H and O–H groups in total. The van der Waals surface area contributed by atoms with Crippen LogP contribution in [0.2, 0.25) is 0 Å². The quantitative estimate of drug-likeness (QED) is 0.246. The van der Waals surface area contributed by atoms with Gasteiger partial charge >= 0.3 is 0 Å². The summed E-state index contributed by atoms with van der Waals surface area (Å²) < 4.78 is 55.0. The molecule has 0 aliphatic rings. The van der Waals surface area contributed by atoms with Gasteiger partial charge in [0.2, 0.25) is 0 Å². The van der Waals surface area contributed by atoms with Gasteiger partial charge in [0.05, 0.1) is 45.1 Å². The zero-order valence-electron chi connectivity index (χ0n) is 22.7. The summed E-state index contributed by atoms with van der Waals surface area (Å²) in [6, 6.07) is 0. The van der Waals surface area contributed by atoms with E-state index in [0.29, 0.717) is 46.1 Å². The van der Waals surface area contributed by atoms with Crippen molar-refractivity contribution in [3.63, 3.8) is 0 Å². The van der Waals surface area contributed by atoms with Gasteiger partial charge in [0.1, 0.15) is 6.10 Å². The fraction of sp³-hybridized carbons (Fsp3) is 1.00. The molecular weight excluding hydrogens is 440 g/mol. The summed E-state index contributed by atoms with van der Waals surface area (Å²) in [5.41, 5.74) is -0.188. The molecule has 0 bridgehead atoms. The van der Waals surface area contributed by atoms with Crippen LogP contribution >= 0.6 is 0 Å². The normalized spacial score (nSPS) is 11.5. The van der Waals surface area contributed by atoms with E-state index in [0.717, 1.165) is 0 Å². The Labute approximate surface area is 201 Å². The summed E-state index contributed by atoms with van der Waals surface area (Å²) in [6.45, 7) is 3.46. The molecule has 0 spiro atoms. The van der Waals surface area contributed by atoms with Gasteiger partial charge in [0.15, 0.2) is 12.6 Å². The van der Waals surface area contributed by atoms with Crippen LogP contribution in [0.15, 0.2) is 0 Å². The summed E-state index contributed by atoms with van der Waals surface area (Å²) in [7, 11) is 17.9. The molecule has 0 aliphatic heterocycles. The van der Waals surface area contributed by atoms with Crippen molar-refractivity contribution < 1.29 is 52.1 Å². The lowest BCUT2D eigenvalue weighted by atomic mass is 9.92. The van der Waals surface area contributed by atoms with Crippen molar-refractivity contribution in [1.82, 2.24) is 0 Å². The van der Waals surface area contributed by atoms with Gasteiger partial charge in [-0.3, -0.25) is 0 Å². The van der Waals surface area contributed by atoms with Crippen molar-refractivity contribution >= 4 is 0 Å². The highest BCUT2D eigenvalue weighted by atomic mass is 16.7. The molecule has 0 amide bonds. The zero-order valence-corrected chi connectivity index (χ0v) is 22.7. The molecule has 0 rings (SSSR count). The number of ether oxygens (including phenoxy) is 11. The van der Waals surface area contributed by atoms with E-state index < -0.39 is 0 Å². The van der Waals surface area contributed by atoms with Crippen LogP contribution in [0.4, 0.5) is 0 Å². The average molecular weight is 491 g/mol. The third-order valence-corrected chi connectivity index (χ3v) is 4.28. The third-order valence-electron chi connectivity index (χ3n) is 4.28. The fourth-order valence-corrected chi connectivity index (χ4v) is 2.77. The van der Waals surface area contributed by atoms with Crippen molar-refractivity contribution in [2.75, 3.05) is 118 Å². The first kappa shape index (κ1) is 37.1. The monoisotopic (exact) mass is 490 g/mol. The molecule has 0 saturated heterocycles. The summed E-state index contributed by atoms with van der Waals surface area (Å²) in [5.74, 6) is 0. The van der Waals surface area contributed by atoms with E-state index >= 15 is 0 Å². The van der Waals surface area contributed by atoms with Crippen molar-refractivity contribution in [2.45, 2.75) is 25.1 Å². The average Bonchev–Trinajstić information content (AvgIpc) is 2.81.